The summed E-state index contributed by atoms with van der Waals surface area (Å²) >= 11 is 1.51. The summed E-state index contributed by atoms with van der Waals surface area (Å²) in [6.45, 7) is 4.11. The van der Waals surface area contributed by atoms with Crippen molar-refractivity contribution in [2.45, 2.75) is 24.8 Å². The monoisotopic (exact) mass is 362 g/mol. The van der Waals surface area contributed by atoms with Crippen molar-refractivity contribution in [1.29, 1.82) is 0 Å². The van der Waals surface area contributed by atoms with Crippen LogP contribution < -0.4 is 5.69 Å². The Balaban J connectivity index is 1.69. The Bertz CT molecular complexity index is 1130. The molecule has 0 amide bonds. The van der Waals surface area contributed by atoms with Crippen LogP contribution in [0.15, 0.2) is 64.7 Å². The average Bonchev–Trinajstić information content (AvgIpc) is 3.05. The number of aromatic nitrogens is 4. The second-order valence-corrected chi connectivity index (χ2v) is 7.25. The Labute approximate surface area is 155 Å². The number of hydrogen-bond acceptors (Lipinski definition) is 4. The van der Waals surface area contributed by atoms with E-state index in [1.807, 2.05) is 37.3 Å². The lowest BCUT2D eigenvalue weighted by molar-refractivity contribution is 0.786. The molecule has 0 aliphatic carbocycles. The summed E-state index contributed by atoms with van der Waals surface area (Å²) in [6.07, 6.45) is 1.69. The van der Waals surface area contributed by atoms with E-state index in [1.54, 1.807) is 6.20 Å². The van der Waals surface area contributed by atoms with E-state index in [2.05, 4.69) is 40.2 Å². The summed E-state index contributed by atoms with van der Waals surface area (Å²) in [4.78, 5) is 19.8. The maximum absolute atomic E-state index is 12.4. The largest absolute Gasteiger partial charge is 0.350 e. The fourth-order valence-corrected chi connectivity index (χ4v) is 3.62. The second kappa shape index (κ2) is 6.80. The van der Waals surface area contributed by atoms with Gasteiger partial charge in [0.2, 0.25) is 0 Å². The molecule has 0 bridgehead atoms. The number of fused-ring (bicyclic) bond motifs is 1. The Morgan fingerprint density at radius 2 is 1.88 bits per heavy atom. The molecule has 4 aromatic rings. The summed E-state index contributed by atoms with van der Waals surface area (Å²) in [5, 5.41) is 4.78. The number of aromatic amines is 1. The predicted molar refractivity (Wildman–Crippen MR) is 105 cm³/mol. The Morgan fingerprint density at radius 1 is 1.08 bits per heavy atom. The highest BCUT2D eigenvalue weighted by molar-refractivity contribution is 7.98. The van der Waals surface area contributed by atoms with Crippen molar-refractivity contribution in [2.24, 2.45) is 0 Å². The molecule has 0 atom stereocenters. The minimum Gasteiger partial charge on any atom is -0.285 e. The Hall–Kier alpha value is -2.86. The second-order valence-electron chi connectivity index (χ2n) is 6.28. The number of hydrogen-bond donors (Lipinski definition) is 1. The number of nitrogens with zero attached hydrogens (tertiary/aromatic N) is 3. The van der Waals surface area contributed by atoms with Gasteiger partial charge in [-0.1, -0.05) is 71.4 Å². The molecule has 130 valence electrons. The van der Waals surface area contributed by atoms with Crippen molar-refractivity contribution in [1.82, 2.24) is 19.6 Å². The first kappa shape index (κ1) is 16.6. The van der Waals surface area contributed by atoms with E-state index in [9.17, 15) is 4.79 Å². The van der Waals surface area contributed by atoms with Crippen molar-refractivity contribution in [3.8, 4) is 11.1 Å². The van der Waals surface area contributed by atoms with E-state index in [0.29, 0.717) is 10.8 Å². The number of thioether (sulfide) groups is 1. The van der Waals surface area contributed by atoms with E-state index in [1.165, 1.54) is 33.0 Å². The zero-order chi connectivity index (χ0) is 18.1. The van der Waals surface area contributed by atoms with Gasteiger partial charge in [0.15, 0.2) is 10.8 Å². The van der Waals surface area contributed by atoms with Crippen LogP contribution in [0.25, 0.3) is 16.8 Å². The summed E-state index contributed by atoms with van der Waals surface area (Å²) in [5.41, 5.74) is 5.75. The predicted octanol–water partition coefficient (Wildman–Crippen LogP) is 3.99. The smallest absolute Gasteiger partial charge is 0.285 e. The summed E-state index contributed by atoms with van der Waals surface area (Å²) in [6, 6.07) is 16.5. The van der Waals surface area contributed by atoms with Gasteiger partial charge in [0.25, 0.3) is 0 Å². The molecule has 0 spiro atoms. The lowest BCUT2D eigenvalue weighted by atomic mass is 10.1. The highest BCUT2D eigenvalue weighted by atomic mass is 32.2. The van der Waals surface area contributed by atoms with E-state index < -0.39 is 0 Å². The van der Waals surface area contributed by atoms with Gasteiger partial charge in [-0.3, -0.25) is 4.98 Å². The standard InChI is InChI=1S/C20H18N4OS/c1-13-6-8-16(9-7-13)17-11-21-24-18(17)22-19(23-20(24)25)26-12-15-5-3-4-14(2)10-15/h3-11H,12H2,1-2H3,(H,22,23,25). The number of aryl methyl sites for hydroxylation is 2. The van der Waals surface area contributed by atoms with Crippen molar-refractivity contribution < 1.29 is 0 Å². The van der Waals surface area contributed by atoms with Crippen LogP contribution in [0.1, 0.15) is 16.7 Å². The zero-order valence-corrected chi connectivity index (χ0v) is 15.4. The van der Waals surface area contributed by atoms with Crippen LogP contribution in [-0.4, -0.2) is 19.6 Å². The Morgan fingerprint density at radius 3 is 2.65 bits per heavy atom. The van der Waals surface area contributed by atoms with Crippen molar-refractivity contribution in [3.05, 3.63) is 81.9 Å². The molecule has 1 N–H and O–H groups in total. The highest BCUT2D eigenvalue weighted by Crippen LogP contribution is 2.25. The lowest BCUT2D eigenvalue weighted by Gasteiger charge is -2.04. The van der Waals surface area contributed by atoms with Gasteiger partial charge < -0.3 is 0 Å². The summed E-state index contributed by atoms with van der Waals surface area (Å²) in [5.74, 6) is 0.745. The van der Waals surface area contributed by atoms with Crippen LogP contribution in [0, 0.1) is 13.8 Å². The normalized spacial score (nSPS) is 11.2. The van der Waals surface area contributed by atoms with Crippen LogP contribution in [0.2, 0.25) is 0 Å². The maximum Gasteiger partial charge on any atom is 0.350 e. The summed E-state index contributed by atoms with van der Waals surface area (Å²) < 4.78 is 1.31. The Kier molecular flexibility index (Phi) is 4.34. The molecule has 0 saturated carbocycles. The molecule has 6 heteroatoms. The molecule has 2 heterocycles. The number of H-pyrrole nitrogens is 1. The minimum atomic E-state index is -0.278. The van der Waals surface area contributed by atoms with Crippen molar-refractivity contribution in [2.75, 3.05) is 0 Å². The third-order valence-electron chi connectivity index (χ3n) is 4.18. The molecule has 0 unspecified atom stereocenters. The first-order valence-electron chi connectivity index (χ1n) is 8.33. The molecule has 5 nitrogen and oxygen atoms in total. The molecule has 0 radical (unpaired) electrons. The highest BCUT2D eigenvalue weighted by Gasteiger charge is 2.12. The quantitative estimate of drug-likeness (QED) is 0.558. The van der Waals surface area contributed by atoms with E-state index in [4.69, 9.17) is 0 Å². The first-order valence-corrected chi connectivity index (χ1v) is 9.32. The van der Waals surface area contributed by atoms with E-state index in [0.717, 1.165) is 16.9 Å². The SMILES string of the molecule is Cc1ccc(-c2cnn3c(=O)[nH]c(SCc4cccc(C)c4)nc23)cc1. The van der Waals surface area contributed by atoms with Gasteiger partial charge in [-0.25, -0.2) is 9.78 Å². The average molecular weight is 362 g/mol. The third kappa shape index (κ3) is 3.28. The van der Waals surface area contributed by atoms with Crippen LogP contribution in [-0.2, 0) is 5.75 Å². The number of nitrogens with one attached hydrogen (secondary N) is 1. The molecule has 0 aliphatic heterocycles. The van der Waals surface area contributed by atoms with Gasteiger partial charge in [0.05, 0.1) is 6.20 Å². The van der Waals surface area contributed by atoms with Crippen molar-refractivity contribution >= 4 is 17.4 Å². The molecule has 0 fully saturated rings. The molecular formula is C20H18N4OS. The zero-order valence-electron chi connectivity index (χ0n) is 14.6. The van der Waals surface area contributed by atoms with Gasteiger partial charge in [0, 0.05) is 11.3 Å². The van der Waals surface area contributed by atoms with Gasteiger partial charge >= 0.3 is 5.69 Å². The van der Waals surface area contributed by atoms with Crippen LogP contribution in [0.4, 0.5) is 0 Å². The molecular weight excluding hydrogens is 344 g/mol. The fraction of sp³-hybridized carbons (Fsp3) is 0.150. The summed E-state index contributed by atoms with van der Waals surface area (Å²) in [7, 11) is 0. The van der Waals surface area contributed by atoms with Crippen LogP contribution in [0.5, 0.6) is 0 Å². The van der Waals surface area contributed by atoms with Crippen LogP contribution in [0.3, 0.4) is 0 Å². The third-order valence-corrected chi connectivity index (χ3v) is 5.12. The van der Waals surface area contributed by atoms with Gasteiger partial charge in [0.1, 0.15) is 0 Å². The van der Waals surface area contributed by atoms with Gasteiger partial charge in [-0.15, -0.1) is 0 Å². The molecule has 0 aliphatic rings. The first-order chi connectivity index (χ1) is 12.6. The fourth-order valence-electron chi connectivity index (χ4n) is 2.83. The lowest BCUT2D eigenvalue weighted by Crippen LogP contribution is -2.19. The topological polar surface area (TPSA) is 63.1 Å². The molecule has 2 aromatic carbocycles. The number of benzene rings is 2. The number of rotatable bonds is 4. The van der Waals surface area contributed by atoms with E-state index in [-0.39, 0.29) is 5.69 Å². The van der Waals surface area contributed by atoms with Crippen LogP contribution >= 0.6 is 11.8 Å². The van der Waals surface area contributed by atoms with Gasteiger partial charge in [-0.05, 0) is 25.0 Å². The van der Waals surface area contributed by atoms with Gasteiger partial charge in [-0.2, -0.15) is 9.61 Å². The minimum absolute atomic E-state index is 0.278. The molecule has 4 rings (SSSR count). The molecule has 2 aromatic heterocycles. The maximum atomic E-state index is 12.4. The van der Waals surface area contributed by atoms with E-state index >= 15 is 0 Å². The molecule has 26 heavy (non-hydrogen) atoms. The van der Waals surface area contributed by atoms with Crippen molar-refractivity contribution in [3.63, 3.8) is 0 Å². The molecule has 0 saturated heterocycles.